The molecule has 0 radical (unpaired) electrons. The van der Waals surface area contributed by atoms with E-state index < -0.39 is 6.10 Å². The molecule has 0 bridgehead atoms. The number of hydrogen-bond acceptors (Lipinski definition) is 3. The molecule has 0 saturated heterocycles. The first kappa shape index (κ1) is 14.6. The van der Waals surface area contributed by atoms with Crippen molar-refractivity contribution in [2.75, 3.05) is 0 Å². The summed E-state index contributed by atoms with van der Waals surface area (Å²) in [5.74, 6) is 0.834. The quantitative estimate of drug-likeness (QED) is 0.795. The van der Waals surface area contributed by atoms with Crippen molar-refractivity contribution >= 4 is 5.65 Å². The maximum Gasteiger partial charge on any atom is 0.137 e. The number of fused-ring (bicyclic) bond motifs is 1. The van der Waals surface area contributed by atoms with Crippen molar-refractivity contribution in [1.29, 1.82) is 0 Å². The van der Waals surface area contributed by atoms with E-state index in [-0.39, 0.29) is 6.10 Å². The van der Waals surface area contributed by atoms with Gasteiger partial charge in [-0.15, -0.1) is 0 Å². The fourth-order valence-corrected chi connectivity index (χ4v) is 2.59. The fraction of sp³-hybridized carbons (Fsp3) is 0.278. The van der Waals surface area contributed by atoms with E-state index in [4.69, 9.17) is 4.74 Å². The minimum Gasteiger partial charge on any atom is -0.491 e. The van der Waals surface area contributed by atoms with Gasteiger partial charge in [0.05, 0.1) is 23.6 Å². The lowest BCUT2D eigenvalue weighted by Crippen LogP contribution is -2.05. The summed E-state index contributed by atoms with van der Waals surface area (Å²) in [4.78, 5) is 4.66. The minimum atomic E-state index is -0.598. The maximum absolute atomic E-state index is 10.1. The molecule has 0 spiro atoms. The molecule has 2 aromatic heterocycles. The molecular weight excluding hydrogens is 276 g/mol. The smallest absolute Gasteiger partial charge is 0.137 e. The highest BCUT2D eigenvalue weighted by molar-refractivity contribution is 5.67. The molecule has 3 rings (SSSR count). The van der Waals surface area contributed by atoms with Crippen LogP contribution in [0, 0.1) is 0 Å². The molecule has 0 aliphatic rings. The summed E-state index contributed by atoms with van der Waals surface area (Å²) < 4.78 is 7.60. The molecule has 1 aromatic carbocycles. The highest BCUT2D eigenvalue weighted by Crippen LogP contribution is 2.30. The van der Waals surface area contributed by atoms with Crippen LogP contribution in [0.5, 0.6) is 5.75 Å². The number of aliphatic hydroxyl groups is 1. The Balaban J connectivity index is 2.07. The van der Waals surface area contributed by atoms with Gasteiger partial charge in [0.15, 0.2) is 0 Å². The van der Waals surface area contributed by atoms with Gasteiger partial charge in [-0.2, -0.15) is 0 Å². The predicted molar refractivity (Wildman–Crippen MR) is 87.0 cm³/mol. The van der Waals surface area contributed by atoms with E-state index in [1.807, 2.05) is 66.9 Å². The number of imidazole rings is 1. The van der Waals surface area contributed by atoms with Gasteiger partial charge in [-0.05, 0) is 57.2 Å². The van der Waals surface area contributed by atoms with Crippen LogP contribution >= 0.6 is 0 Å². The summed E-state index contributed by atoms with van der Waals surface area (Å²) in [6, 6.07) is 13.6. The van der Waals surface area contributed by atoms with Gasteiger partial charge >= 0.3 is 0 Å². The molecule has 1 atom stereocenters. The number of aliphatic hydroxyl groups excluding tert-OH is 1. The summed E-state index contributed by atoms with van der Waals surface area (Å²) in [6.45, 7) is 5.76. The molecule has 3 aromatic rings. The molecule has 2 heterocycles. The third-order valence-corrected chi connectivity index (χ3v) is 3.46. The van der Waals surface area contributed by atoms with Crippen LogP contribution in [0.4, 0.5) is 0 Å². The number of pyridine rings is 1. The molecule has 0 saturated carbocycles. The van der Waals surface area contributed by atoms with Gasteiger partial charge in [-0.3, -0.25) is 0 Å². The molecule has 4 nitrogen and oxygen atoms in total. The zero-order chi connectivity index (χ0) is 15.7. The second-order valence-corrected chi connectivity index (χ2v) is 5.64. The van der Waals surface area contributed by atoms with Gasteiger partial charge in [0.25, 0.3) is 0 Å². The first-order chi connectivity index (χ1) is 10.6. The molecule has 4 heteroatoms. The number of rotatable bonds is 4. The highest BCUT2D eigenvalue weighted by Gasteiger charge is 2.17. The summed E-state index contributed by atoms with van der Waals surface area (Å²) in [7, 11) is 0. The van der Waals surface area contributed by atoms with Crippen LogP contribution in [-0.4, -0.2) is 20.6 Å². The van der Waals surface area contributed by atoms with Gasteiger partial charge in [-0.1, -0.05) is 6.07 Å². The first-order valence-corrected chi connectivity index (χ1v) is 7.48. The Morgan fingerprint density at radius 3 is 2.41 bits per heavy atom. The van der Waals surface area contributed by atoms with Crippen molar-refractivity contribution in [1.82, 2.24) is 9.38 Å². The van der Waals surface area contributed by atoms with Crippen molar-refractivity contribution in [3.63, 3.8) is 0 Å². The van der Waals surface area contributed by atoms with Crippen LogP contribution in [0.2, 0.25) is 0 Å². The zero-order valence-corrected chi connectivity index (χ0v) is 13.0. The van der Waals surface area contributed by atoms with Crippen LogP contribution in [0.3, 0.4) is 0 Å². The second-order valence-electron chi connectivity index (χ2n) is 5.64. The molecular formula is C18H20N2O2. The van der Waals surface area contributed by atoms with Crippen molar-refractivity contribution in [3.8, 4) is 17.0 Å². The number of nitrogens with zero attached hydrogens (tertiary/aromatic N) is 2. The van der Waals surface area contributed by atoms with Crippen LogP contribution < -0.4 is 4.74 Å². The van der Waals surface area contributed by atoms with Crippen molar-refractivity contribution in [2.24, 2.45) is 0 Å². The SMILES string of the molecule is CC(C)Oc1ccc(-c2nc3ccccn3c2C(C)O)cc1. The van der Waals surface area contributed by atoms with Crippen LogP contribution in [-0.2, 0) is 0 Å². The summed E-state index contributed by atoms with van der Waals surface area (Å²) in [6.07, 6.45) is 1.47. The Hall–Kier alpha value is -2.33. The van der Waals surface area contributed by atoms with Gasteiger partial charge in [0.2, 0.25) is 0 Å². The van der Waals surface area contributed by atoms with Crippen LogP contribution in [0.25, 0.3) is 16.9 Å². The molecule has 1 unspecified atom stereocenters. The van der Waals surface area contributed by atoms with E-state index in [0.29, 0.717) is 0 Å². The Morgan fingerprint density at radius 2 is 1.77 bits per heavy atom. The van der Waals surface area contributed by atoms with E-state index in [2.05, 4.69) is 4.98 Å². The summed E-state index contributed by atoms with van der Waals surface area (Å²) >= 11 is 0. The fourth-order valence-electron chi connectivity index (χ4n) is 2.59. The van der Waals surface area contributed by atoms with Crippen molar-refractivity contribution in [3.05, 3.63) is 54.4 Å². The minimum absolute atomic E-state index is 0.147. The lowest BCUT2D eigenvalue weighted by molar-refractivity contribution is 0.194. The molecule has 0 amide bonds. The topological polar surface area (TPSA) is 46.8 Å². The number of benzene rings is 1. The molecule has 1 N–H and O–H groups in total. The molecule has 0 aliphatic carbocycles. The number of ether oxygens (including phenoxy) is 1. The van der Waals surface area contributed by atoms with E-state index in [0.717, 1.165) is 28.3 Å². The zero-order valence-electron chi connectivity index (χ0n) is 13.0. The van der Waals surface area contributed by atoms with Gasteiger partial charge in [0.1, 0.15) is 11.4 Å². The Morgan fingerprint density at radius 1 is 1.05 bits per heavy atom. The Bertz CT molecular complexity index is 773. The summed E-state index contributed by atoms with van der Waals surface area (Å²) in [5, 5.41) is 10.1. The molecule has 0 fully saturated rings. The van der Waals surface area contributed by atoms with Crippen molar-refractivity contribution < 1.29 is 9.84 Å². The second kappa shape index (κ2) is 5.81. The van der Waals surface area contributed by atoms with E-state index in [1.165, 1.54) is 0 Å². The van der Waals surface area contributed by atoms with Gasteiger partial charge in [-0.25, -0.2) is 4.98 Å². The lowest BCUT2D eigenvalue weighted by atomic mass is 10.1. The third kappa shape index (κ3) is 2.70. The molecule has 22 heavy (non-hydrogen) atoms. The van der Waals surface area contributed by atoms with E-state index in [1.54, 1.807) is 6.92 Å². The average molecular weight is 296 g/mol. The molecule has 0 aliphatic heterocycles. The number of hydrogen-bond donors (Lipinski definition) is 1. The van der Waals surface area contributed by atoms with Gasteiger partial charge < -0.3 is 14.2 Å². The van der Waals surface area contributed by atoms with Gasteiger partial charge in [0, 0.05) is 11.8 Å². The average Bonchev–Trinajstić information content (AvgIpc) is 2.86. The monoisotopic (exact) mass is 296 g/mol. The van der Waals surface area contributed by atoms with Crippen LogP contribution in [0.1, 0.15) is 32.6 Å². The number of aromatic nitrogens is 2. The Labute approximate surface area is 130 Å². The van der Waals surface area contributed by atoms with E-state index in [9.17, 15) is 5.11 Å². The maximum atomic E-state index is 10.1. The molecule has 114 valence electrons. The third-order valence-electron chi connectivity index (χ3n) is 3.46. The predicted octanol–water partition coefficient (Wildman–Crippen LogP) is 3.84. The van der Waals surface area contributed by atoms with E-state index >= 15 is 0 Å². The lowest BCUT2D eigenvalue weighted by Gasteiger charge is -2.11. The summed E-state index contributed by atoms with van der Waals surface area (Å²) in [5.41, 5.74) is 3.40. The highest BCUT2D eigenvalue weighted by atomic mass is 16.5. The largest absolute Gasteiger partial charge is 0.491 e. The van der Waals surface area contributed by atoms with Crippen LogP contribution in [0.15, 0.2) is 48.7 Å². The standard InChI is InChI=1S/C18H20N2O2/c1-12(2)22-15-9-7-14(8-10-15)17-18(13(3)21)20-11-5-4-6-16(20)19-17/h4-13,21H,1-3H3. The first-order valence-electron chi connectivity index (χ1n) is 7.48. The van der Waals surface area contributed by atoms with Crippen molar-refractivity contribution in [2.45, 2.75) is 33.0 Å². The normalized spacial score (nSPS) is 12.8. The Kier molecular flexibility index (Phi) is 3.86.